The van der Waals surface area contributed by atoms with Gasteiger partial charge in [-0.3, -0.25) is 9.78 Å². The lowest BCUT2D eigenvalue weighted by molar-refractivity contribution is 0.683. The zero-order valence-corrected chi connectivity index (χ0v) is 9.05. The Bertz CT molecular complexity index is 348. The maximum Gasteiger partial charge on any atom is 0.275 e. The van der Waals surface area contributed by atoms with Crippen molar-refractivity contribution in [3.63, 3.8) is 0 Å². The third-order valence-corrected chi connectivity index (χ3v) is 2.15. The molecule has 5 heteroatoms. The molecule has 1 aromatic rings. The summed E-state index contributed by atoms with van der Waals surface area (Å²) < 4.78 is 0. The number of aromatic amines is 1. The summed E-state index contributed by atoms with van der Waals surface area (Å²) in [7, 11) is 0. The molecule has 5 nitrogen and oxygen atoms in total. The van der Waals surface area contributed by atoms with Crippen LogP contribution in [0.5, 0.6) is 0 Å². The molecule has 1 rings (SSSR count). The van der Waals surface area contributed by atoms with Crippen molar-refractivity contribution in [1.29, 1.82) is 0 Å². The molecule has 0 saturated carbocycles. The number of rotatable bonds is 6. The summed E-state index contributed by atoms with van der Waals surface area (Å²) in [5.74, 6) is 0.491. The second-order valence-electron chi connectivity index (χ2n) is 3.50. The zero-order chi connectivity index (χ0) is 11.1. The Balaban J connectivity index is 2.32. The van der Waals surface area contributed by atoms with E-state index >= 15 is 0 Å². The summed E-state index contributed by atoms with van der Waals surface area (Å²) in [5.41, 5.74) is 5.20. The summed E-state index contributed by atoms with van der Waals surface area (Å²) in [6.07, 6.45) is 6.11. The lowest BCUT2D eigenvalue weighted by Gasteiger charge is -2.04. The number of nitrogen functional groups attached to an aromatic ring is 1. The highest BCUT2D eigenvalue weighted by Crippen LogP contribution is 2.00. The zero-order valence-electron chi connectivity index (χ0n) is 9.05. The number of hydrogen-bond acceptors (Lipinski definition) is 4. The molecule has 0 unspecified atom stereocenters. The lowest BCUT2D eigenvalue weighted by Crippen LogP contribution is -2.16. The van der Waals surface area contributed by atoms with Crippen molar-refractivity contribution in [2.45, 2.75) is 32.6 Å². The molecule has 84 valence electrons. The van der Waals surface area contributed by atoms with Crippen molar-refractivity contribution < 1.29 is 0 Å². The van der Waals surface area contributed by atoms with Gasteiger partial charge in [0, 0.05) is 6.54 Å². The third-order valence-electron chi connectivity index (χ3n) is 2.15. The van der Waals surface area contributed by atoms with E-state index in [0.717, 1.165) is 13.0 Å². The van der Waals surface area contributed by atoms with Gasteiger partial charge in [-0.25, -0.2) is 4.98 Å². The molecule has 0 amide bonds. The van der Waals surface area contributed by atoms with E-state index in [4.69, 9.17) is 5.73 Å². The van der Waals surface area contributed by atoms with Crippen LogP contribution in [-0.4, -0.2) is 16.5 Å². The van der Waals surface area contributed by atoms with Crippen LogP contribution in [0.2, 0.25) is 0 Å². The molecule has 0 saturated heterocycles. The largest absolute Gasteiger partial charge is 0.393 e. The van der Waals surface area contributed by atoms with Crippen LogP contribution < -0.4 is 16.6 Å². The molecule has 0 aliphatic carbocycles. The Hall–Kier alpha value is -1.52. The van der Waals surface area contributed by atoms with E-state index in [1.807, 2.05) is 0 Å². The average Bonchev–Trinajstić information content (AvgIpc) is 2.23. The molecule has 0 bridgehead atoms. The minimum atomic E-state index is -0.291. The molecule has 0 aliphatic rings. The SMILES string of the molecule is CCCCCCNc1ncc(N)c(=O)[nH]1. The van der Waals surface area contributed by atoms with Gasteiger partial charge >= 0.3 is 0 Å². The first-order chi connectivity index (χ1) is 7.24. The van der Waals surface area contributed by atoms with Crippen LogP contribution in [0.4, 0.5) is 11.6 Å². The van der Waals surface area contributed by atoms with Gasteiger partial charge in [0.1, 0.15) is 5.69 Å². The predicted molar refractivity (Wildman–Crippen MR) is 61.9 cm³/mol. The van der Waals surface area contributed by atoms with E-state index in [1.54, 1.807) is 0 Å². The minimum absolute atomic E-state index is 0.145. The Morgan fingerprint density at radius 3 is 2.93 bits per heavy atom. The molecule has 0 aliphatic heterocycles. The first-order valence-electron chi connectivity index (χ1n) is 5.32. The average molecular weight is 210 g/mol. The van der Waals surface area contributed by atoms with Crippen LogP contribution in [0, 0.1) is 0 Å². The van der Waals surface area contributed by atoms with Gasteiger partial charge in [-0.15, -0.1) is 0 Å². The third kappa shape index (κ3) is 4.01. The van der Waals surface area contributed by atoms with Crippen LogP contribution in [0.1, 0.15) is 32.6 Å². The summed E-state index contributed by atoms with van der Waals surface area (Å²) in [4.78, 5) is 17.6. The topological polar surface area (TPSA) is 83.8 Å². The van der Waals surface area contributed by atoms with Crippen LogP contribution in [0.15, 0.2) is 11.0 Å². The number of hydrogen-bond donors (Lipinski definition) is 3. The number of unbranched alkanes of at least 4 members (excludes halogenated alkanes) is 3. The van der Waals surface area contributed by atoms with Gasteiger partial charge in [-0.2, -0.15) is 0 Å². The molecular weight excluding hydrogens is 192 g/mol. The van der Waals surface area contributed by atoms with Crippen molar-refractivity contribution in [1.82, 2.24) is 9.97 Å². The standard InChI is InChI=1S/C10H18N4O/c1-2-3-4-5-6-12-10-13-7-8(11)9(15)14-10/h7H,2-6,11H2,1H3,(H2,12,13,14,15). The first-order valence-corrected chi connectivity index (χ1v) is 5.32. The van der Waals surface area contributed by atoms with Gasteiger partial charge in [0.2, 0.25) is 5.95 Å². The Kier molecular flexibility index (Phi) is 4.66. The molecule has 0 spiro atoms. The molecule has 0 atom stereocenters. The van der Waals surface area contributed by atoms with Gasteiger partial charge in [0.15, 0.2) is 0 Å². The highest BCUT2D eigenvalue weighted by molar-refractivity contribution is 5.35. The van der Waals surface area contributed by atoms with E-state index in [9.17, 15) is 4.79 Å². The molecule has 15 heavy (non-hydrogen) atoms. The fourth-order valence-electron chi connectivity index (χ4n) is 1.25. The quantitative estimate of drug-likeness (QED) is 0.619. The van der Waals surface area contributed by atoms with Crippen LogP contribution in [-0.2, 0) is 0 Å². The summed E-state index contributed by atoms with van der Waals surface area (Å²) in [6, 6.07) is 0. The normalized spacial score (nSPS) is 10.2. The second-order valence-corrected chi connectivity index (χ2v) is 3.50. The van der Waals surface area contributed by atoms with E-state index in [0.29, 0.717) is 5.95 Å². The van der Waals surface area contributed by atoms with Crippen molar-refractivity contribution in [2.24, 2.45) is 0 Å². The molecule has 1 heterocycles. The number of nitrogens with one attached hydrogen (secondary N) is 2. The molecular formula is C10H18N4O. The number of nitrogens with zero attached hydrogens (tertiary/aromatic N) is 1. The summed E-state index contributed by atoms with van der Waals surface area (Å²) in [6.45, 7) is 3.00. The van der Waals surface area contributed by atoms with Crippen LogP contribution in [0.25, 0.3) is 0 Å². The van der Waals surface area contributed by atoms with Gasteiger partial charge in [-0.1, -0.05) is 26.2 Å². The van der Waals surface area contributed by atoms with Gasteiger partial charge in [-0.05, 0) is 6.42 Å². The fraction of sp³-hybridized carbons (Fsp3) is 0.600. The molecule has 4 N–H and O–H groups in total. The monoisotopic (exact) mass is 210 g/mol. The Morgan fingerprint density at radius 2 is 2.27 bits per heavy atom. The molecule has 0 fully saturated rings. The van der Waals surface area contributed by atoms with Crippen molar-refractivity contribution in [3.05, 3.63) is 16.6 Å². The van der Waals surface area contributed by atoms with Crippen molar-refractivity contribution >= 4 is 11.6 Å². The summed E-state index contributed by atoms with van der Waals surface area (Å²) >= 11 is 0. The highest BCUT2D eigenvalue weighted by Gasteiger charge is 1.97. The smallest absolute Gasteiger partial charge is 0.275 e. The van der Waals surface area contributed by atoms with Crippen molar-refractivity contribution in [3.8, 4) is 0 Å². The number of anilines is 2. The predicted octanol–water partition coefficient (Wildman–Crippen LogP) is 1.34. The van der Waals surface area contributed by atoms with E-state index in [-0.39, 0.29) is 11.2 Å². The number of nitrogens with two attached hydrogens (primary N) is 1. The van der Waals surface area contributed by atoms with E-state index in [1.165, 1.54) is 25.5 Å². The van der Waals surface area contributed by atoms with Crippen molar-refractivity contribution in [2.75, 3.05) is 17.6 Å². The van der Waals surface area contributed by atoms with Gasteiger partial charge in [0.25, 0.3) is 5.56 Å². The number of aromatic nitrogens is 2. The highest BCUT2D eigenvalue weighted by atomic mass is 16.1. The van der Waals surface area contributed by atoms with Crippen LogP contribution in [0.3, 0.4) is 0 Å². The maximum atomic E-state index is 11.1. The molecule has 0 aromatic carbocycles. The van der Waals surface area contributed by atoms with Gasteiger partial charge < -0.3 is 11.1 Å². The Labute approximate surface area is 89.1 Å². The maximum absolute atomic E-state index is 11.1. The minimum Gasteiger partial charge on any atom is -0.393 e. The molecule has 1 aromatic heterocycles. The lowest BCUT2D eigenvalue weighted by atomic mass is 10.2. The van der Waals surface area contributed by atoms with Crippen LogP contribution >= 0.6 is 0 Å². The summed E-state index contributed by atoms with van der Waals surface area (Å²) in [5, 5.41) is 3.05. The van der Waals surface area contributed by atoms with E-state index < -0.39 is 0 Å². The fourth-order valence-corrected chi connectivity index (χ4v) is 1.25. The second kappa shape index (κ2) is 6.06. The number of H-pyrrole nitrogens is 1. The van der Waals surface area contributed by atoms with Gasteiger partial charge in [0.05, 0.1) is 6.20 Å². The molecule has 0 radical (unpaired) electrons. The Morgan fingerprint density at radius 1 is 1.47 bits per heavy atom. The first kappa shape index (κ1) is 11.6. The van der Waals surface area contributed by atoms with E-state index in [2.05, 4.69) is 22.2 Å².